The highest BCUT2D eigenvalue weighted by molar-refractivity contribution is 5.56. The van der Waals surface area contributed by atoms with E-state index in [0.717, 1.165) is 32.1 Å². The van der Waals surface area contributed by atoms with Gasteiger partial charge in [-0.15, -0.1) is 0 Å². The van der Waals surface area contributed by atoms with E-state index >= 15 is 0 Å². The standard InChI is InChI=1S/C22H34NO3/c1-2-3-4-5-6-7-8-9-10-11-12-13-14-15-16-17-18-19-20-22(21-24)23(25)26/h6-7,9-10,12-13,15-16,22H,2-5,8,11,14,17-20H2,1H3/b7-6+,10-9+,13-12+,16-15+. The molecule has 0 amide bonds. The van der Waals surface area contributed by atoms with Crippen molar-refractivity contribution in [3.8, 4) is 0 Å². The predicted octanol–water partition coefficient (Wildman–Crippen LogP) is 6.28. The first kappa shape index (κ1) is 24.0. The Bertz CT molecular complexity index is 464. The van der Waals surface area contributed by atoms with Crippen LogP contribution < -0.4 is 0 Å². The Morgan fingerprint density at radius 1 is 0.808 bits per heavy atom. The summed E-state index contributed by atoms with van der Waals surface area (Å²) in [7, 11) is 0. The number of nitro groups is 1. The van der Waals surface area contributed by atoms with Gasteiger partial charge in [-0.1, -0.05) is 68.4 Å². The van der Waals surface area contributed by atoms with Crippen LogP contribution in [-0.2, 0) is 4.79 Å². The normalized spacial score (nSPS) is 13.4. The van der Waals surface area contributed by atoms with Crippen molar-refractivity contribution in [2.45, 2.75) is 83.6 Å². The molecule has 0 aliphatic heterocycles. The molecule has 145 valence electrons. The fraction of sp³-hybridized carbons (Fsp3) is 0.591. The third-order valence-electron chi connectivity index (χ3n) is 3.95. The molecular weight excluding hydrogens is 326 g/mol. The fourth-order valence-corrected chi connectivity index (χ4v) is 2.37. The molecule has 0 aromatic heterocycles. The highest BCUT2D eigenvalue weighted by atomic mass is 16.6. The van der Waals surface area contributed by atoms with E-state index in [1.54, 1.807) is 0 Å². The van der Waals surface area contributed by atoms with Crippen molar-refractivity contribution in [2.24, 2.45) is 0 Å². The van der Waals surface area contributed by atoms with Crippen molar-refractivity contribution in [1.82, 2.24) is 0 Å². The second kappa shape index (κ2) is 19.4. The van der Waals surface area contributed by atoms with Crippen LogP contribution in [0.25, 0.3) is 0 Å². The van der Waals surface area contributed by atoms with Crippen LogP contribution in [0.2, 0.25) is 0 Å². The molecule has 0 fully saturated rings. The van der Waals surface area contributed by atoms with Gasteiger partial charge in [0.1, 0.15) is 0 Å². The van der Waals surface area contributed by atoms with Gasteiger partial charge in [0.2, 0.25) is 0 Å². The van der Waals surface area contributed by atoms with Gasteiger partial charge in [0.15, 0.2) is 0 Å². The Labute approximate surface area is 158 Å². The van der Waals surface area contributed by atoms with Gasteiger partial charge in [-0.3, -0.25) is 14.9 Å². The van der Waals surface area contributed by atoms with Crippen LogP contribution >= 0.6 is 0 Å². The largest absolute Gasteiger partial charge is 0.283 e. The van der Waals surface area contributed by atoms with E-state index in [-0.39, 0.29) is 6.42 Å². The van der Waals surface area contributed by atoms with Crippen LogP contribution in [0.1, 0.15) is 77.6 Å². The molecule has 0 rings (SSSR count). The summed E-state index contributed by atoms with van der Waals surface area (Å²) in [5.74, 6) is 0. The monoisotopic (exact) mass is 360 g/mol. The van der Waals surface area contributed by atoms with Crippen LogP contribution in [0.4, 0.5) is 0 Å². The minimum absolute atomic E-state index is 0.282. The molecule has 4 nitrogen and oxygen atoms in total. The van der Waals surface area contributed by atoms with Gasteiger partial charge >= 0.3 is 0 Å². The predicted molar refractivity (Wildman–Crippen MR) is 109 cm³/mol. The van der Waals surface area contributed by atoms with Gasteiger partial charge in [0, 0.05) is 11.3 Å². The lowest BCUT2D eigenvalue weighted by Gasteiger charge is -1.99. The molecule has 0 saturated heterocycles. The highest BCUT2D eigenvalue weighted by Crippen LogP contribution is 2.06. The lowest BCUT2D eigenvalue weighted by Crippen LogP contribution is -2.20. The number of hydrogen-bond acceptors (Lipinski definition) is 3. The molecule has 0 aliphatic rings. The number of hydrogen-bond donors (Lipinski definition) is 0. The minimum Gasteiger partial charge on any atom is -0.283 e. The summed E-state index contributed by atoms with van der Waals surface area (Å²) in [4.78, 5) is 20.3. The van der Waals surface area contributed by atoms with E-state index in [1.807, 2.05) is 0 Å². The summed E-state index contributed by atoms with van der Waals surface area (Å²) in [6, 6.07) is -1.16. The van der Waals surface area contributed by atoms with Crippen LogP contribution in [-0.4, -0.2) is 17.3 Å². The van der Waals surface area contributed by atoms with E-state index in [0.29, 0.717) is 6.42 Å². The van der Waals surface area contributed by atoms with Crippen molar-refractivity contribution in [3.63, 3.8) is 0 Å². The molecule has 1 radical (unpaired) electrons. The number of rotatable bonds is 17. The first-order valence-corrected chi connectivity index (χ1v) is 9.83. The average molecular weight is 361 g/mol. The Kier molecular flexibility index (Phi) is 17.9. The maximum Gasteiger partial charge on any atom is 0.278 e. The number of unbranched alkanes of at least 4 members (excludes halogenated alkanes) is 5. The maximum absolute atomic E-state index is 10.5. The van der Waals surface area contributed by atoms with Gasteiger partial charge in [-0.25, -0.2) is 0 Å². The number of allylic oxidation sites excluding steroid dienone is 8. The van der Waals surface area contributed by atoms with Crippen LogP contribution in [0.5, 0.6) is 0 Å². The molecule has 0 saturated carbocycles. The van der Waals surface area contributed by atoms with Gasteiger partial charge in [-0.05, 0) is 51.4 Å². The average Bonchev–Trinajstić information content (AvgIpc) is 2.63. The van der Waals surface area contributed by atoms with E-state index < -0.39 is 11.0 Å². The fourth-order valence-electron chi connectivity index (χ4n) is 2.37. The van der Waals surface area contributed by atoms with Gasteiger partial charge < -0.3 is 0 Å². The van der Waals surface area contributed by atoms with E-state index in [1.165, 1.54) is 32.0 Å². The van der Waals surface area contributed by atoms with Crippen molar-refractivity contribution in [2.75, 3.05) is 0 Å². The molecule has 0 aromatic carbocycles. The topological polar surface area (TPSA) is 60.2 Å². The van der Waals surface area contributed by atoms with Crippen LogP contribution in [0.3, 0.4) is 0 Å². The highest BCUT2D eigenvalue weighted by Gasteiger charge is 2.18. The lowest BCUT2D eigenvalue weighted by molar-refractivity contribution is -0.503. The third kappa shape index (κ3) is 16.9. The molecule has 0 aliphatic carbocycles. The van der Waals surface area contributed by atoms with Gasteiger partial charge in [-0.2, -0.15) is 0 Å². The molecule has 0 bridgehead atoms. The molecule has 0 N–H and O–H groups in total. The molecular formula is C22H34NO3. The zero-order chi connectivity index (χ0) is 19.3. The quantitative estimate of drug-likeness (QED) is 0.133. The molecule has 0 heterocycles. The summed E-state index contributed by atoms with van der Waals surface area (Å²) < 4.78 is 0. The third-order valence-corrected chi connectivity index (χ3v) is 3.95. The lowest BCUT2D eigenvalue weighted by atomic mass is 10.1. The minimum atomic E-state index is -1.16. The molecule has 1 atom stereocenters. The number of nitrogens with zero attached hydrogens (tertiary/aromatic N) is 1. The zero-order valence-electron chi connectivity index (χ0n) is 16.1. The van der Waals surface area contributed by atoms with Gasteiger partial charge in [0.05, 0.1) is 0 Å². The molecule has 1 unspecified atom stereocenters. The van der Waals surface area contributed by atoms with E-state index in [2.05, 4.69) is 55.5 Å². The Balaban J connectivity index is 3.51. The number of carbonyl (C=O) groups excluding carboxylic acids is 1. The first-order chi connectivity index (χ1) is 12.7. The summed E-state index contributed by atoms with van der Waals surface area (Å²) >= 11 is 0. The van der Waals surface area contributed by atoms with Crippen molar-refractivity contribution in [1.29, 1.82) is 0 Å². The summed E-state index contributed by atoms with van der Waals surface area (Å²) in [5, 5.41) is 10.5. The van der Waals surface area contributed by atoms with E-state index in [4.69, 9.17) is 0 Å². The summed E-state index contributed by atoms with van der Waals surface area (Å²) in [6.07, 6.45) is 29.6. The second-order valence-electron chi connectivity index (χ2n) is 6.29. The summed E-state index contributed by atoms with van der Waals surface area (Å²) in [6.45, 7) is 2.22. The maximum atomic E-state index is 10.5. The Morgan fingerprint density at radius 3 is 1.69 bits per heavy atom. The molecule has 4 heteroatoms. The second-order valence-corrected chi connectivity index (χ2v) is 6.29. The first-order valence-electron chi connectivity index (χ1n) is 9.83. The Morgan fingerprint density at radius 2 is 1.27 bits per heavy atom. The van der Waals surface area contributed by atoms with Crippen molar-refractivity contribution >= 4 is 6.29 Å². The summed E-state index contributed by atoms with van der Waals surface area (Å²) in [5.41, 5.74) is 0. The van der Waals surface area contributed by atoms with Gasteiger partial charge in [0.25, 0.3) is 12.3 Å². The molecule has 0 aromatic rings. The van der Waals surface area contributed by atoms with Crippen molar-refractivity contribution < 1.29 is 9.72 Å². The Hall–Kier alpha value is -1.97. The smallest absolute Gasteiger partial charge is 0.278 e. The molecule has 26 heavy (non-hydrogen) atoms. The van der Waals surface area contributed by atoms with E-state index in [9.17, 15) is 14.9 Å². The van der Waals surface area contributed by atoms with Crippen molar-refractivity contribution in [3.05, 3.63) is 58.7 Å². The van der Waals surface area contributed by atoms with Crippen LogP contribution in [0.15, 0.2) is 48.6 Å². The van der Waals surface area contributed by atoms with Crippen LogP contribution in [0, 0.1) is 10.1 Å². The SMILES string of the molecule is CCCCC/C=C/C/C=C/C/C=C/C/C=C/CCCCC([C]=O)[N+](=O)[O-]. The zero-order valence-corrected chi connectivity index (χ0v) is 16.1. The molecule has 0 spiro atoms.